The van der Waals surface area contributed by atoms with Crippen LogP contribution in [0.4, 0.5) is 4.79 Å². The average molecular weight is 540 g/mol. The number of ether oxygens (including phenoxy) is 5. The molecule has 1 aromatic carbocycles. The van der Waals surface area contributed by atoms with Crippen molar-refractivity contribution in [3.05, 3.63) is 42.0 Å². The molecule has 1 saturated heterocycles. The number of nitrogens with one attached hydrogen (secondary N) is 1. The van der Waals surface area contributed by atoms with Gasteiger partial charge in [0.15, 0.2) is 5.79 Å². The molecule has 1 fully saturated rings. The summed E-state index contributed by atoms with van der Waals surface area (Å²) < 4.78 is 43.5. The molecule has 5 atom stereocenters. The Balaban J connectivity index is 2.43. The monoisotopic (exact) mass is 539 g/mol. The molecule has 1 unspecified atom stereocenters. The second-order valence-electron chi connectivity index (χ2n) is 11.2. The van der Waals surface area contributed by atoms with Crippen molar-refractivity contribution in [3.63, 3.8) is 0 Å². The maximum Gasteiger partial charge on any atom is 0.509 e. The van der Waals surface area contributed by atoms with Gasteiger partial charge in [-0.3, -0.25) is 0 Å². The normalized spacial score (nSPS) is 22.3. The van der Waals surface area contributed by atoms with E-state index in [1.54, 1.807) is 55.4 Å². The van der Waals surface area contributed by atoms with Crippen molar-refractivity contribution in [2.75, 3.05) is 7.11 Å². The Labute approximate surface area is 222 Å². The van der Waals surface area contributed by atoms with Crippen LogP contribution < -0.4 is 4.72 Å². The zero-order valence-electron chi connectivity index (χ0n) is 23.2. The van der Waals surface area contributed by atoms with E-state index in [-0.39, 0.29) is 0 Å². The van der Waals surface area contributed by atoms with Crippen molar-refractivity contribution in [1.29, 1.82) is 0 Å². The van der Waals surface area contributed by atoms with Crippen LogP contribution >= 0.6 is 0 Å². The summed E-state index contributed by atoms with van der Waals surface area (Å²) in [5.41, 5.74) is 0.163. The Morgan fingerprint density at radius 1 is 1.11 bits per heavy atom. The number of esters is 1. The molecule has 208 valence electrons. The van der Waals surface area contributed by atoms with Crippen LogP contribution in [0, 0.1) is 0 Å². The Kier molecular flexibility index (Phi) is 10.5. The molecule has 1 heterocycles. The average Bonchev–Trinajstić information content (AvgIpc) is 3.08. The van der Waals surface area contributed by atoms with Crippen LogP contribution in [-0.4, -0.2) is 63.9 Å². The van der Waals surface area contributed by atoms with Crippen molar-refractivity contribution < 1.29 is 37.5 Å². The van der Waals surface area contributed by atoms with Gasteiger partial charge >= 0.3 is 12.1 Å². The number of hydrogen-bond acceptors (Lipinski definition) is 8. The molecule has 0 saturated carbocycles. The van der Waals surface area contributed by atoms with E-state index < -0.39 is 63.6 Å². The Morgan fingerprint density at radius 2 is 1.73 bits per heavy atom. The second kappa shape index (κ2) is 12.5. The SMILES string of the molecule is COC(=O)[C@H](OC(=O)OC(C)(C)C)[C@@H](NS(=O)C(C)(C)C)[C@@H]1OC(C)(C)O[C@H]1C/C=C/c1ccccc1. The van der Waals surface area contributed by atoms with Crippen molar-refractivity contribution in [2.24, 2.45) is 0 Å². The zero-order chi connectivity index (χ0) is 28.0. The smallest absolute Gasteiger partial charge is 0.466 e. The molecule has 0 radical (unpaired) electrons. The molecule has 37 heavy (non-hydrogen) atoms. The topological polar surface area (TPSA) is 109 Å². The quantitative estimate of drug-likeness (QED) is 0.456. The molecular weight excluding hydrogens is 498 g/mol. The number of hydrogen-bond donors (Lipinski definition) is 1. The minimum atomic E-state index is -1.66. The van der Waals surface area contributed by atoms with Gasteiger partial charge in [0.25, 0.3) is 0 Å². The third kappa shape index (κ3) is 9.85. The van der Waals surface area contributed by atoms with Crippen molar-refractivity contribution in [3.8, 4) is 0 Å². The van der Waals surface area contributed by atoms with Gasteiger partial charge in [0.05, 0.1) is 35.0 Å². The van der Waals surface area contributed by atoms with Gasteiger partial charge in [-0.1, -0.05) is 42.5 Å². The molecule has 1 aliphatic heterocycles. The maximum absolute atomic E-state index is 13.2. The first kappa shape index (κ1) is 31.0. The molecule has 2 rings (SSSR count). The van der Waals surface area contributed by atoms with Gasteiger partial charge in [-0.05, 0) is 67.4 Å². The first-order valence-electron chi connectivity index (χ1n) is 12.2. The molecule has 0 bridgehead atoms. The van der Waals surface area contributed by atoms with Crippen LogP contribution in [0.5, 0.6) is 0 Å². The fourth-order valence-electron chi connectivity index (χ4n) is 3.62. The van der Waals surface area contributed by atoms with Gasteiger partial charge in [0.2, 0.25) is 6.10 Å². The summed E-state index contributed by atoms with van der Waals surface area (Å²) in [5, 5.41) is 0. The third-order valence-corrected chi connectivity index (χ3v) is 6.82. The van der Waals surface area contributed by atoms with E-state index >= 15 is 0 Å². The van der Waals surface area contributed by atoms with E-state index in [0.29, 0.717) is 6.42 Å². The molecule has 1 N–H and O–H groups in total. The summed E-state index contributed by atoms with van der Waals surface area (Å²) in [4.78, 5) is 25.5. The molecule has 10 heteroatoms. The largest absolute Gasteiger partial charge is 0.509 e. The Bertz CT molecular complexity index is 965. The van der Waals surface area contributed by atoms with Gasteiger partial charge < -0.3 is 23.7 Å². The van der Waals surface area contributed by atoms with Crippen LogP contribution in [0.3, 0.4) is 0 Å². The molecule has 1 aromatic rings. The summed E-state index contributed by atoms with van der Waals surface area (Å²) in [6.45, 7) is 13.9. The van der Waals surface area contributed by atoms with Crippen LogP contribution in [0.15, 0.2) is 36.4 Å². The highest BCUT2D eigenvalue weighted by molar-refractivity contribution is 7.84. The molecule has 0 amide bonds. The van der Waals surface area contributed by atoms with E-state index in [0.717, 1.165) is 5.56 Å². The highest BCUT2D eigenvalue weighted by Crippen LogP contribution is 2.34. The van der Waals surface area contributed by atoms with Gasteiger partial charge in [-0.25, -0.2) is 18.5 Å². The second-order valence-corrected chi connectivity index (χ2v) is 13.2. The first-order chi connectivity index (χ1) is 17.0. The number of benzene rings is 1. The molecule has 9 nitrogen and oxygen atoms in total. The molecule has 1 aliphatic rings. The van der Waals surface area contributed by atoms with E-state index in [1.807, 2.05) is 42.5 Å². The van der Waals surface area contributed by atoms with Gasteiger partial charge in [-0.2, -0.15) is 0 Å². The first-order valence-corrected chi connectivity index (χ1v) is 13.4. The Hall–Kier alpha value is -2.27. The number of rotatable bonds is 9. The number of carbonyl (C=O) groups excluding carboxylic acids is 2. The van der Waals surface area contributed by atoms with Gasteiger partial charge in [0.1, 0.15) is 11.7 Å². The lowest BCUT2D eigenvalue weighted by Gasteiger charge is -2.33. The fourth-order valence-corrected chi connectivity index (χ4v) is 4.47. The summed E-state index contributed by atoms with van der Waals surface area (Å²) in [6.07, 6.45) is 0.355. The number of carbonyl (C=O) groups is 2. The predicted molar refractivity (Wildman–Crippen MR) is 142 cm³/mol. The minimum Gasteiger partial charge on any atom is -0.466 e. The number of methoxy groups -OCH3 is 1. The predicted octanol–water partition coefficient (Wildman–Crippen LogP) is 4.52. The van der Waals surface area contributed by atoms with Crippen molar-refractivity contribution >= 4 is 29.2 Å². The van der Waals surface area contributed by atoms with Gasteiger partial charge in [0, 0.05) is 0 Å². The molecule has 0 aromatic heterocycles. The van der Waals surface area contributed by atoms with Gasteiger partial charge in [-0.15, -0.1) is 0 Å². The zero-order valence-corrected chi connectivity index (χ0v) is 24.0. The van der Waals surface area contributed by atoms with Crippen LogP contribution in [0.2, 0.25) is 0 Å². The van der Waals surface area contributed by atoms with Crippen molar-refractivity contribution in [2.45, 2.75) is 102 Å². The third-order valence-electron chi connectivity index (χ3n) is 5.23. The highest BCUT2D eigenvalue weighted by Gasteiger charge is 2.51. The van der Waals surface area contributed by atoms with E-state index in [4.69, 9.17) is 23.7 Å². The lowest BCUT2D eigenvalue weighted by Crippen LogP contribution is -2.58. The van der Waals surface area contributed by atoms with Crippen LogP contribution in [-0.2, 0) is 39.5 Å². The van der Waals surface area contributed by atoms with E-state index in [2.05, 4.69) is 4.72 Å². The summed E-state index contributed by atoms with van der Waals surface area (Å²) >= 11 is 0. The van der Waals surface area contributed by atoms with Crippen molar-refractivity contribution in [1.82, 2.24) is 4.72 Å². The fraction of sp³-hybridized carbons (Fsp3) is 0.630. The maximum atomic E-state index is 13.2. The molecule has 0 spiro atoms. The molecule has 0 aliphatic carbocycles. The van der Waals surface area contributed by atoms with Crippen LogP contribution in [0.25, 0.3) is 6.08 Å². The Morgan fingerprint density at radius 3 is 2.27 bits per heavy atom. The summed E-state index contributed by atoms with van der Waals surface area (Å²) in [6, 6.07) is 8.70. The lowest BCUT2D eigenvalue weighted by atomic mass is 9.98. The van der Waals surface area contributed by atoms with E-state index in [1.165, 1.54) is 7.11 Å². The minimum absolute atomic E-state index is 0.420. The van der Waals surface area contributed by atoms with E-state index in [9.17, 15) is 13.8 Å². The summed E-state index contributed by atoms with van der Waals surface area (Å²) in [5.74, 6) is -1.85. The standard InChI is InChI=1S/C27H41NO8S/c1-25(2,3)36-24(30)33-22(23(29)32-9)20(28-37(31)26(4,5)6)21-19(34-27(7,8)35-21)17-13-16-18-14-11-10-12-15-18/h10-16,19-22,28H,17H2,1-9H3/b16-13+/t19-,20-,21+,22+,37?/m0/s1. The molecular formula is C27H41NO8S. The summed E-state index contributed by atoms with van der Waals surface area (Å²) in [7, 11) is -0.473. The lowest BCUT2D eigenvalue weighted by molar-refractivity contribution is -0.164. The van der Waals surface area contributed by atoms with Crippen LogP contribution in [0.1, 0.15) is 67.4 Å². The highest BCUT2D eigenvalue weighted by atomic mass is 32.2.